The SMILES string of the molecule is [Ir].[c-]1ccccc1-c1ccccn1.[c-]1ccccc1-c1ccccn1.c1ccc2nc(-c3ccc4ccccc4n3)ccc2c1. The van der Waals surface area contributed by atoms with E-state index in [1.54, 1.807) is 12.4 Å². The molecule has 8 rings (SSSR count). The number of para-hydroxylation sites is 2. The van der Waals surface area contributed by atoms with Gasteiger partial charge in [0.1, 0.15) is 0 Å². The van der Waals surface area contributed by atoms with Gasteiger partial charge in [-0.15, -0.1) is 71.8 Å². The van der Waals surface area contributed by atoms with Crippen LogP contribution in [-0.2, 0) is 20.1 Å². The van der Waals surface area contributed by atoms with Crippen molar-refractivity contribution in [1.82, 2.24) is 19.9 Å². The van der Waals surface area contributed by atoms with Crippen molar-refractivity contribution in [2.24, 2.45) is 0 Å². The minimum absolute atomic E-state index is 0. The molecule has 0 saturated carbocycles. The van der Waals surface area contributed by atoms with Crippen LogP contribution >= 0.6 is 0 Å². The molecule has 4 aromatic carbocycles. The van der Waals surface area contributed by atoms with Crippen LogP contribution in [-0.4, -0.2) is 19.9 Å². The van der Waals surface area contributed by atoms with Crippen LogP contribution in [0.3, 0.4) is 0 Å². The molecule has 0 unspecified atom stereocenters. The molecule has 45 heavy (non-hydrogen) atoms. The molecule has 0 aliphatic heterocycles. The number of nitrogens with zero attached hydrogens (tertiary/aromatic N) is 4. The topological polar surface area (TPSA) is 51.6 Å². The average molecular weight is 757 g/mol. The zero-order chi connectivity index (χ0) is 29.8. The molecule has 1 radical (unpaired) electrons. The standard InChI is InChI=1S/C18H12N2.2C11H8N.Ir/c1-3-7-15-13(5-1)9-11-17(19-15)18-12-10-14-6-2-4-8-16(14)20-18;2*1-2-6-10(7-3-1)11-8-4-5-9-12-11;/h1-12H;2*1-6,8-9H;/q;2*-1;. The van der Waals surface area contributed by atoms with Gasteiger partial charge in [0.25, 0.3) is 0 Å². The van der Waals surface area contributed by atoms with E-state index >= 15 is 0 Å². The molecular weight excluding hydrogens is 729 g/mol. The molecule has 0 atom stereocenters. The number of hydrogen-bond donors (Lipinski definition) is 0. The number of hydrogen-bond acceptors (Lipinski definition) is 4. The number of benzene rings is 4. The van der Waals surface area contributed by atoms with E-state index in [-0.39, 0.29) is 20.1 Å². The number of fused-ring (bicyclic) bond motifs is 2. The van der Waals surface area contributed by atoms with Gasteiger partial charge in [-0.1, -0.05) is 72.8 Å². The Morgan fingerprint density at radius 1 is 0.356 bits per heavy atom. The molecule has 0 N–H and O–H groups in total. The summed E-state index contributed by atoms with van der Waals surface area (Å²) >= 11 is 0. The molecular formula is C40H28IrN4-2. The molecule has 219 valence electrons. The molecule has 8 aromatic rings. The summed E-state index contributed by atoms with van der Waals surface area (Å²) in [4.78, 5) is 17.8. The summed E-state index contributed by atoms with van der Waals surface area (Å²) in [6.07, 6.45) is 3.58. The predicted molar refractivity (Wildman–Crippen MR) is 179 cm³/mol. The molecule has 4 heterocycles. The van der Waals surface area contributed by atoms with Crippen molar-refractivity contribution in [2.45, 2.75) is 0 Å². The Hall–Kier alpha value is -5.35. The smallest absolute Gasteiger partial charge is 0.0894 e. The largest absolute Gasteiger partial charge is 0.305 e. The van der Waals surface area contributed by atoms with Crippen LogP contribution in [0.25, 0.3) is 55.7 Å². The third-order valence-corrected chi connectivity index (χ3v) is 6.76. The van der Waals surface area contributed by atoms with Gasteiger partial charge in [0.05, 0.1) is 22.4 Å². The van der Waals surface area contributed by atoms with Crippen molar-refractivity contribution in [3.63, 3.8) is 0 Å². The maximum atomic E-state index is 4.69. The van der Waals surface area contributed by atoms with Gasteiger partial charge in [-0.3, -0.25) is 0 Å². The summed E-state index contributed by atoms with van der Waals surface area (Å²) in [7, 11) is 0. The van der Waals surface area contributed by atoms with Crippen molar-refractivity contribution in [3.05, 3.63) is 182 Å². The third kappa shape index (κ3) is 8.39. The Morgan fingerprint density at radius 2 is 0.778 bits per heavy atom. The molecule has 4 nitrogen and oxygen atoms in total. The van der Waals surface area contributed by atoms with Crippen LogP contribution in [0.4, 0.5) is 0 Å². The van der Waals surface area contributed by atoms with Crippen LogP contribution in [0.1, 0.15) is 0 Å². The molecule has 0 saturated heterocycles. The molecule has 0 aliphatic carbocycles. The van der Waals surface area contributed by atoms with E-state index in [0.29, 0.717) is 0 Å². The van der Waals surface area contributed by atoms with Gasteiger partial charge in [0, 0.05) is 43.3 Å². The maximum Gasteiger partial charge on any atom is 0.0894 e. The van der Waals surface area contributed by atoms with Crippen molar-refractivity contribution >= 4 is 21.8 Å². The van der Waals surface area contributed by atoms with E-state index in [2.05, 4.69) is 56.3 Å². The minimum Gasteiger partial charge on any atom is -0.305 e. The molecule has 5 heteroatoms. The fourth-order valence-electron chi connectivity index (χ4n) is 4.57. The van der Waals surface area contributed by atoms with Crippen LogP contribution in [0.15, 0.2) is 170 Å². The normalized spacial score (nSPS) is 10.0. The monoisotopic (exact) mass is 757 g/mol. The van der Waals surface area contributed by atoms with Crippen LogP contribution in [0.2, 0.25) is 0 Å². The van der Waals surface area contributed by atoms with Crippen molar-refractivity contribution in [2.75, 3.05) is 0 Å². The molecule has 0 spiro atoms. The summed E-state index contributed by atoms with van der Waals surface area (Å²) < 4.78 is 0. The van der Waals surface area contributed by atoms with E-state index in [1.807, 2.05) is 133 Å². The summed E-state index contributed by atoms with van der Waals surface area (Å²) in [6, 6.07) is 58.1. The Kier molecular flexibility index (Phi) is 11.0. The first-order chi connectivity index (χ1) is 21.8. The average Bonchev–Trinajstić information content (AvgIpc) is 3.13. The van der Waals surface area contributed by atoms with Crippen LogP contribution < -0.4 is 0 Å². The zero-order valence-electron chi connectivity index (χ0n) is 24.3. The van der Waals surface area contributed by atoms with E-state index in [0.717, 1.165) is 55.7 Å². The fraction of sp³-hybridized carbons (Fsp3) is 0. The van der Waals surface area contributed by atoms with Crippen LogP contribution in [0.5, 0.6) is 0 Å². The van der Waals surface area contributed by atoms with Crippen molar-refractivity contribution in [3.8, 4) is 33.9 Å². The molecule has 0 aliphatic rings. The molecule has 4 aromatic heterocycles. The van der Waals surface area contributed by atoms with E-state index < -0.39 is 0 Å². The molecule has 0 fully saturated rings. The van der Waals surface area contributed by atoms with E-state index in [9.17, 15) is 0 Å². The van der Waals surface area contributed by atoms with Crippen LogP contribution in [0, 0.1) is 12.1 Å². The third-order valence-electron chi connectivity index (χ3n) is 6.76. The number of rotatable bonds is 3. The van der Waals surface area contributed by atoms with Gasteiger partial charge in [0.15, 0.2) is 0 Å². The number of aromatic nitrogens is 4. The second kappa shape index (κ2) is 15.9. The summed E-state index contributed by atoms with van der Waals surface area (Å²) in [6.45, 7) is 0. The van der Waals surface area contributed by atoms with E-state index in [4.69, 9.17) is 0 Å². The van der Waals surface area contributed by atoms with Gasteiger partial charge >= 0.3 is 0 Å². The summed E-state index contributed by atoms with van der Waals surface area (Å²) in [5.41, 5.74) is 7.84. The second-order valence-electron chi connectivity index (χ2n) is 9.76. The van der Waals surface area contributed by atoms with Gasteiger partial charge in [-0.05, 0) is 47.8 Å². The van der Waals surface area contributed by atoms with Crippen molar-refractivity contribution < 1.29 is 20.1 Å². The first-order valence-electron chi connectivity index (χ1n) is 14.3. The van der Waals surface area contributed by atoms with Gasteiger partial charge in [-0.25, -0.2) is 9.97 Å². The van der Waals surface area contributed by atoms with Crippen molar-refractivity contribution in [1.29, 1.82) is 0 Å². The summed E-state index contributed by atoms with van der Waals surface area (Å²) in [5, 5.41) is 2.30. The second-order valence-corrected chi connectivity index (χ2v) is 9.76. The summed E-state index contributed by atoms with van der Waals surface area (Å²) in [5.74, 6) is 0. The first-order valence-corrected chi connectivity index (χ1v) is 14.3. The minimum atomic E-state index is 0. The Labute approximate surface area is 276 Å². The Morgan fingerprint density at radius 3 is 1.18 bits per heavy atom. The molecule has 0 bridgehead atoms. The fourth-order valence-corrected chi connectivity index (χ4v) is 4.57. The zero-order valence-corrected chi connectivity index (χ0v) is 26.7. The first kappa shape index (κ1) is 31.1. The molecule has 0 amide bonds. The Balaban J connectivity index is 0.000000139. The quantitative estimate of drug-likeness (QED) is 0.169. The van der Waals surface area contributed by atoms with Gasteiger partial charge in [0.2, 0.25) is 0 Å². The number of pyridine rings is 4. The van der Waals surface area contributed by atoms with Gasteiger partial charge in [-0.2, -0.15) is 0 Å². The Bertz CT molecular complexity index is 1830. The predicted octanol–water partition coefficient (Wildman–Crippen LogP) is 9.55. The maximum absolute atomic E-state index is 4.69. The van der Waals surface area contributed by atoms with Gasteiger partial charge < -0.3 is 9.97 Å². The van der Waals surface area contributed by atoms with E-state index in [1.165, 1.54) is 0 Å².